The Balaban J connectivity index is 2.85. The van der Waals surface area contributed by atoms with Crippen LogP contribution in [-0.4, -0.2) is 9.91 Å². The number of rotatable bonds is 1. The number of nitrogens with zero attached hydrogens (tertiary/aromatic N) is 2. The topological polar surface area (TPSA) is 56.0 Å². The van der Waals surface area contributed by atoms with Gasteiger partial charge in [-0.1, -0.05) is 0 Å². The second-order valence-electron chi connectivity index (χ2n) is 3.12. The molecule has 4 nitrogen and oxygen atoms in total. The molecule has 0 amide bonds. The summed E-state index contributed by atoms with van der Waals surface area (Å²) in [6.07, 6.45) is 0. The van der Waals surface area contributed by atoms with Crippen molar-refractivity contribution in [2.75, 3.05) is 0 Å². The Hall–Kier alpha value is -1.49. The standard InChI is InChI=1S/C9H8N2O2S/c1-5-3-7-9(14-6(2)10-7)8(4-5)11(12)13/h3-4H,1-2H3. The molecule has 0 fully saturated rings. The van der Waals surface area contributed by atoms with Gasteiger partial charge in [-0.15, -0.1) is 11.3 Å². The Bertz CT molecular complexity index is 519. The summed E-state index contributed by atoms with van der Waals surface area (Å²) in [5.41, 5.74) is 1.75. The van der Waals surface area contributed by atoms with Crippen LogP contribution in [-0.2, 0) is 0 Å². The van der Waals surface area contributed by atoms with Gasteiger partial charge in [0.25, 0.3) is 5.69 Å². The molecule has 0 aliphatic rings. The molecule has 0 aliphatic heterocycles. The van der Waals surface area contributed by atoms with Crippen molar-refractivity contribution in [2.45, 2.75) is 13.8 Å². The van der Waals surface area contributed by atoms with Crippen LogP contribution in [0.2, 0.25) is 0 Å². The first kappa shape index (κ1) is 9.08. The molecule has 72 valence electrons. The van der Waals surface area contributed by atoms with Crippen molar-refractivity contribution in [3.05, 3.63) is 32.8 Å². The number of benzene rings is 1. The fourth-order valence-electron chi connectivity index (χ4n) is 1.40. The zero-order valence-corrected chi connectivity index (χ0v) is 8.59. The minimum Gasteiger partial charge on any atom is -0.258 e. The molecular formula is C9H8N2O2S. The average molecular weight is 208 g/mol. The van der Waals surface area contributed by atoms with E-state index in [4.69, 9.17) is 0 Å². The molecule has 0 spiro atoms. The third kappa shape index (κ3) is 1.35. The lowest BCUT2D eigenvalue weighted by molar-refractivity contribution is -0.382. The van der Waals surface area contributed by atoms with Crippen molar-refractivity contribution in [1.82, 2.24) is 4.98 Å². The summed E-state index contributed by atoms with van der Waals surface area (Å²) >= 11 is 1.36. The number of hydrogen-bond acceptors (Lipinski definition) is 4. The van der Waals surface area contributed by atoms with Gasteiger partial charge in [0, 0.05) is 6.07 Å². The van der Waals surface area contributed by atoms with Crippen molar-refractivity contribution in [3.8, 4) is 0 Å². The van der Waals surface area contributed by atoms with Crippen LogP contribution in [0.3, 0.4) is 0 Å². The van der Waals surface area contributed by atoms with E-state index in [1.165, 1.54) is 11.3 Å². The van der Waals surface area contributed by atoms with E-state index in [0.717, 1.165) is 16.1 Å². The average Bonchev–Trinajstić information content (AvgIpc) is 2.42. The van der Waals surface area contributed by atoms with Gasteiger partial charge in [-0.3, -0.25) is 10.1 Å². The van der Waals surface area contributed by atoms with E-state index in [-0.39, 0.29) is 10.6 Å². The van der Waals surface area contributed by atoms with Crippen LogP contribution < -0.4 is 0 Å². The Morgan fingerprint density at radius 1 is 1.43 bits per heavy atom. The molecular weight excluding hydrogens is 200 g/mol. The third-order valence-corrected chi connectivity index (χ3v) is 2.93. The predicted molar refractivity (Wildman–Crippen MR) is 55.7 cm³/mol. The van der Waals surface area contributed by atoms with Gasteiger partial charge in [-0.2, -0.15) is 0 Å². The van der Waals surface area contributed by atoms with Gasteiger partial charge in [0.15, 0.2) is 0 Å². The van der Waals surface area contributed by atoms with E-state index in [1.54, 1.807) is 6.07 Å². The van der Waals surface area contributed by atoms with E-state index in [9.17, 15) is 10.1 Å². The maximum absolute atomic E-state index is 10.8. The number of nitro benzene ring substituents is 1. The Morgan fingerprint density at radius 3 is 2.79 bits per heavy atom. The number of aromatic nitrogens is 1. The lowest BCUT2D eigenvalue weighted by Crippen LogP contribution is -1.88. The molecule has 0 radical (unpaired) electrons. The van der Waals surface area contributed by atoms with Gasteiger partial charge in [0.1, 0.15) is 4.70 Å². The minimum absolute atomic E-state index is 0.158. The largest absolute Gasteiger partial charge is 0.289 e. The van der Waals surface area contributed by atoms with Crippen molar-refractivity contribution < 1.29 is 4.92 Å². The number of hydrogen-bond donors (Lipinski definition) is 0. The maximum Gasteiger partial charge on any atom is 0.289 e. The number of fused-ring (bicyclic) bond motifs is 1. The third-order valence-electron chi connectivity index (χ3n) is 1.92. The molecule has 0 N–H and O–H groups in total. The predicted octanol–water partition coefficient (Wildman–Crippen LogP) is 2.82. The SMILES string of the molecule is Cc1cc([N+](=O)[O-])c2sc(C)nc2c1. The highest BCUT2D eigenvalue weighted by molar-refractivity contribution is 7.19. The summed E-state index contributed by atoms with van der Waals surface area (Å²) in [5.74, 6) is 0. The van der Waals surface area contributed by atoms with Crippen molar-refractivity contribution in [3.63, 3.8) is 0 Å². The summed E-state index contributed by atoms with van der Waals surface area (Å²) < 4.78 is 0.665. The van der Waals surface area contributed by atoms with E-state index in [2.05, 4.69) is 4.98 Å². The molecule has 0 saturated carbocycles. The van der Waals surface area contributed by atoms with Crippen LogP contribution in [0.4, 0.5) is 5.69 Å². The number of nitro groups is 1. The smallest absolute Gasteiger partial charge is 0.258 e. The quantitative estimate of drug-likeness (QED) is 0.534. The van der Waals surface area contributed by atoms with Crippen LogP contribution >= 0.6 is 11.3 Å². The molecule has 5 heteroatoms. The zero-order valence-electron chi connectivity index (χ0n) is 7.77. The van der Waals surface area contributed by atoms with Crippen LogP contribution in [0.25, 0.3) is 10.2 Å². The normalized spacial score (nSPS) is 10.7. The van der Waals surface area contributed by atoms with Crippen molar-refractivity contribution in [2.24, 2.45) is 0 Å². The fourth-order valence-corrected chi connectivity index (χ4v) is 2.29. The molecule has 14 heavy (non-hydrogen) atoms. The Kier molecular flexibility index (Phi) is 1.96. The first-order chi connectivity index (χ1) is 6.58. The number of aryl methyl sites for hydroxylation is 2. The summed E-state index contributed by atoms with van der Waals surface area (Å²) in [7, 11) is 0. The molecule has 0 atom stereocenters. The molecule has 2 rings (SSSR count). The minimum atomic E-state index is -0.354. The fraction of sp³-hybridized carbons (Fsp3) is 0.222. The Labute approximate surface area is 84.4 Å². The molecule has 2 aromatic rings. The lowest BCUT2D eigenvalue weighted by Gasteiger charge is -1.94. The first-order valence-electron chi connectivity index (χ1n) is 4.10. The van der Waals surface area contributed by atoms with Gasteiger partial charge in [-0.25, -0.2) is 4.98 Å². The van der Waals surface area contributed by atoms with Gasteiger partial charge >= 0.3 is 0 Å². The number of thiazole rings is 1. The van der Waals surface area contributed by atoms with Crippen molar-refractivity contribution >= 4 is 27.2 Å². The monoisotopic (exact) mass is 208 g/mol. The summed E-state index contributed by atoms with van der Waals surface area (Å²) in [6.45, 7) is 3.69. The second kappa shape index (κ2) is 3.02. The van der Waals surface area contributed by atoms with Gasteiger partial charge < -0.3 is 0 Å². The van der Waals surface area contributed by atoms with Crippen molar-refractivity contribution in [1.29, 1.82) is 0 Å². The van der Waals surface area contributed by atoms with Gasteiger partial charge in [0.05, 0.1) is 15.4 Å². The van der Waals surface area contributed by atoms with Gasteiger partial charge in [0.2, 0.25) is 0 Å². The number of non-ortho nitro benzene ring substituents is 1. The van der Waals surface area contributed by atoms with Crippen LogP contribution in [0, 0.1) is 24.0 Å². The summed E-state index contributed by atoms with van der Waals surface area (Å²) in [6, 6.07) is 3.45. The van der Waals surface area contributed by atoms with E-state index in [1.807, 2.05) is 19.9 Å². The molecule has 0 unspecified atom stereocenters. The lowest BCUT2D eigenvalue weighted by atomic mass is 10.2. The molecule has 1 heterocycles. The summed E-state index contributed by atoms with van der Waals surface area (Å²) in [4.78, 5) is 14.6. The molecule has 0 saturated heterocycles. The highest BCUT2D eigenvalue weighted by Crippen LogP contribution is 2.31. The van der Waals surface area contributed by atoms with Gasteiger partial charge in [-0.05, 0) is 25.5 Å². The van der Waals surface area contributed by atoms with E-state index >= 15 is 0 Å². The first-order valence-corrected chi connectivity index (χ1v) is 4.92. The van der Waals surface area contributed by atoms with Crippen LogP contribution in [0.5, 0.6) is 0 Å². The van der Waals surface area contributed by atoms with E-state index < -0.39 is 0 Å². The second-order valence-corrected chi connectivity index (χ2v) is 4.33. The van der Waals surface area contributed by atoms with E-state index in [0.29, 0.717) is 4.70 Å². The molecule has 1 aromatic heterocycles. The molecule has 0 aliphatic carbocycles. The highest BCUT2D eigenvalue weighted by Gasteiger charge is 2.15. The highest BCUT2D eigenvalue weighted by atomic mass is 32.1. The zero-order chi connectivity index (χ0) is 10.3. The maximum atomic E-state index is 10.8. The van der Waals surface area contributed by atoms with Crippen LogP contribution in [0.15, 0.2) is 12.1 Å². The summed E-state index contributed by atoms with van der Waals surface area (Å²) in [5, 5.41) is 11.6. The Morgan fingerprint density at radius 2 is 2.14 bits per heavy atom. The van der Waals surface area contributed by atoms with Crippen LogP contribution in [0.1, 0.15) is 10.6 Å². The molecule has 1 aromatic carbocycles. The molecule has 0 bridgehead atoms.